The third kappa shape index (κ3) is 79.1. The monoisotopic (exact) mass is 1320 g/mol. The molecule has 0 saturated heterocycles. The van der Waals surface area contributed by atoms with Crippen molar-refractivity contribution in [1.29, 1.82) is 0 Å². The first kappa shape index (κ1) is 92.1. The molecule has 3 N–H and O–H groups in total. The van der Waals surface area contributed by atoms with Crippen LogP contribution in [-0.2, 0) is 14.3 Å². The van der Waals surface area contributed by atoms with Gasteiger partial charge in [-0.25, -0.2) is 0 Å². The summed E-state index contributed by atoms with van der Waals surface area (Å²) in [7, 11) is 0. The molecule has 0 aliphatic heterocycles. The smallest absolute Gasteiger partial charge is 0.305 e. The highest BCUT2D eigenvalue weighted by molar-refractivity contribution is 5.76. The SMILES string of the molecule is CCCCCCCCCCCCCCCCCCCCCCCC/C=C/C(O)C(CO)NC(=O)CCCCCCCCCCCCCCCCCCC/C=C\C/C=C\CCCCCCCCCCCCCCCOC(=O)CCCCCCCCCCCCCCCCCC. The molecule has 0 saturated carbocycles. The van der Waals surface area contributed by atoms with Gasteiger partial charge in [-0.2, -0.15) is 0 Å². The van der Waals surface area contributed by atoms with Gasteiger partial charge in [0, 0.05) is 12.8 Å². The number of hydrogen-bond donors (Lipinski definition) is 3. The Kier molecular flexibility index (Phi) is 81.8. The van der Waals surface area contributed by atoms with Crippen molar-refractivity contribution in [2.24, 2.45) is 0 Å². The predicted octanol–water partition coefficient (Wildman–Crippen LogP) is 28.9. The number of amides is 1. The predicted molar refractivity (Wildman–Crippen MR) is 416 cm³/mol. The zero-order valence-corrected chi connectivity index (χ0v) is 64.0. The fourth-order valence-corrected chi connectivity index (χ4v) is 13.8. The third-order valence-electron chi connectivity index (χ3n) is 20.4. The van der Waals surface area contributed by atoms with E-state index in [2.05, 4.69) is 43.5 Å². The van der Waals surface area contributed by atoms with E-state index in [0.29, 0.717) is 19.4 Å². The molecule has 0 radical (unpaired) electrons. The third-order valence-corrected chi connectivity index (χ3v) is 20.4. The Morgan fingerprint density at radius 3 is 0.809 bits per heavy atom. The number of nitrogens with one attached hydrogen (secondary N) is 1. The second-order valence-electron chi connectivity index (χ2n) is 29.9. The summed E-state index contributed by atoms with van der Waals surface area (Å²) in [5.41, 5.74) is 0. The number of allylic oxidation sites excluding steroid dienone is 5. The Bertz CT molecular complexity index is 1520. The van der Waals surface area contributed by atoms with Crippen LogP contribution in [0.4, 0.5) is 0 Å². The van der Waals surface area contributed by atoms with Gasteiger partial charge in [0.1, 0.15) is 0 Å². The first-order valence-electron chi connectivity index (χ1n) is 43.3. The molecule has 0 aliphatic rings. The van der Waals surface area contributed by atoms with Crippen LogP contribution in [0.1, 0.15) is 489 Å². The lowest BCUT2D eigenvalue weighted by Gasteiger charge is -2.20. The lowest BCUT2D eigenvalue weighted by Crippen LogP contribution is -2.45. The first-order valence-corrected chi connectivity index (χ1v) is 43.3. The number of esters is 1. The summed E-state index contributed by atoms with van der Waals surface area (Å²) in [5.74, 6) is -0.0368. The minimum absolute atomic E-state index is 0.0230. The van der Waals surface area contributed by atoms with Crippen molar-refractivity contribution in [1.82, 2.24) is 5.32 Å². The maximum absolute atomic E-state index is 12.6. The van der Waals surface area contributed by atoms with Crippen LogP contribution in [-0.4, -0.2) is 47.4 Å². The van der Waals surface area contributed by atoms with Crippen molar-refractivity contribution in [3.05, 3.63) is 36.5 Å². The van der Waals surface area contributed by atoms with Gasteiger partial charge in [-0.15, -0.1) is 0 Å². The molecule has 1 amide bonds. The van der Waals surface area contributed by atoms with Crippen LogP contribution in [0, 0.1) is 0 Å². The average Bonchev–Trinajstić information content (AvgIpc) is 3.75. The van der Waals surface area contributed by atoms with Gasteiger partial charge in [0.25, 0.3) is 0 Å². The molecule has 0 rings (SSSR count). The highest BCUT2D eigenvalue weighted by Gasteiger charge is 2.18. The molecule has 94 heavy (non-hydrogen) atoms. The minimum atomic E-state index is -0.844. The standard InChI is InChI=1S/C88H169NO5/c1-3-5-7-9-11-13-15-17-19-21-22-23-24-40-43-46-49-52-56-60-64-68-72-76-80-86(91)85(84-90)89-87(92)81-77-73-69-65-61-57-53-50-47-44-41-38-36-34-32-30-28-26-25-27-29-31-33-35-37-39-42-45-48-51-55-59-63-67-71-75-79-83-94-88(93)82-78-74-70-66-62-58-54-20-18-16-14-12-10-8-6-4-2/h25,27,31,33,76,80,85-86,90-91H,3-24,26,28-30,32,34-75,77-79,81-84H2,1-2H3,(H,89,92)/b27-25-,33-31-,80-76+. The lowest BCUT2D eigenvalue weighted by molar-refractivity contribution is -0.143. The van der Waals surface area contributed by atoms with Crippen LogP contribution in [0.25, 0.3) is 0 Å². The summed E-state index contributed by atoms with van der Waals surface area (Å²) < 4.78 is 5.51. The molecule has 2 unspecified atom stereocenters. The molecule has 0 fully saturated rings. The van der Waals surface area contributed by atoms with E-state index in [1.807, 2.05) is 6.08 Å². The molecule has 556 valence electrons. The van der Waals surface area contributed by atoms with Gasteiger partial charge in [0.2, 0.25) is 5.91 Å². The van der Waals surface area contributed by atoms with Gasteiger partial charge in [-0.05, 0) is 64.2 Å². The van der Waals surface area contributed by atoms with E-state index in [4.69, 9.17) is 4.74 Å². The van der Waals surface area contributed by atoms with Crippen molar-refractivity contribution in [3.63, 3.8) is 0 Å². The second-order valence-corrected chi connectivity index (χ2v) is 29.9. The minimum Gasteiger partial charge on any atom is -0.466 e. The zero-order valence-electron chi connectivity index (χ0n) is 64.0. The van der Waals surface area contributed by atoms with Crippen molar-refractivity contribution in [2.75, 3.05) is 13.2 Å². The maximum Gasteiger partial charge on any atom is 0.305 e. The maximum atomic E-state index is 12.6. The van der Waals surface area contributed by atoms with Gasteiger partial charge >= 0.3 is 5.97 Å². The molecular weight excluding hydrogens is 1150 g/mol. The number of rotatable bonds is 82. The van der Waals surface area contributed by atoms with Gasteiger partial charge in [0.15, 0.2) is 0 Å². The average molecular weight is 1320 g/mol. The zero-order chi connectivity index (χ0) is 67.7. The van der Waals surface area contributed by atoms with Gasteiger partial charge in [0.05, 0.1) is 25.4 Å². The van der Waals surface area contributed by atoms with Crippen molar-refractivity contribution >= 4 is 11.9 Å². The number of aliphatic hydroxyl groups is 2. The van der Waals surface area contributed by atoms with Crippen LogP contribution in [0.2, 0.25) is 0 Å². The van der Waals surface area contributed by atoms with Crippen LogP contribution >= 0.6 is 0 Å². The Balaban J connectivity index is 3.38. The number of ether oxygens (including phenoxy) is 1. The van der Waals surface area contributed by atoms with Crippen molar-refractivity contribution < 1.29 is 24.5 Å². The molecule has 6 nitrogen and oxygen atoms in total. The number of aliphatic hydroxyl groups excluding tert-OH is 2. The topological polar surface area (TPSA) is 95.9 Å². The molecule has 2 atom stereocenters. The lowest BCUT2D eigenvalue weighted by atomic mass is 10.0. The quantitative estimate of drug-likeness (QED) is 0.0320. The Hall–Kier alpha value is -1.92. The number of carbonyl (C=O) groups is 2. The Labute approximate surface area is 589 Å². The largest absolute Gasteiger partial charge is 0.466 e. The van der Waals surface area contributed by atoms with Crippen LogP contribution in [0.15, 0.2) is 36.5 Å². The number of hydrogen-bond acceptors (Lipinski definition) is 5. The summed E-state index contributed by atoms with van der Waals surface area (Å²) in [4.78, 5) is 24.7. The first-order chi connectivity index (χ1) is 46.5. The molecule has 6 heteroatoms. The highest BCUT2D eigenvalue weighted by Crippen LogP contribution is 2.20. The van der Waals surface area contributed by atoms with E-state index in [9.17, 15) is 19.8 Å². The molecule has 0 spiro atoms. The van der Waals surface area contributed by atoms with Crippen LogP contribution in [0.3, 0.4) is 0 Å². The molecule has 0 heterocycles. The summed E-state index contributed by atoms with van der Waals surface area (Å²) in [6, 6.07) is -0.628. The van der Waals surface area contributed by atoms with E-state index < -0.39 is 12.1 Å². The van der Waals surface area contributed by atoms with E-state index >= 15 is 0 Å². The second kappa shape index (κ2) is 83.5. The van der Waals surface area contributed by atoms with Gasteiger partial charge in [-0.3, -0.25) is 9.59 Å². The normalized spacial score (nSPS) is 12.6. The fraction of sp³-hybridized carbons (Fsp3) is 0.909. The molecule has 0 bridgehead atoms. The van der Waals surface area contributed by atoms with E-state index in [-0.39, 0.29) is 18.5 Å². The van der Waals surface area contributed by atoms with E-state index in [1.165, 1.54) is 417 Å². The summed E-state index contributed by atoms with van der Waals surface area (Å²) >= 11 is 0. The van der Waals surface area contributed by atoms with Crippen molar-refractivity contribution in [3.8, 4) is 0 Å². The van der Waals surface area contributed by atoms with E-state index in [1.54, 1.807) is 6.08 Å². The van der Waals surface area contributed by atoms with E-state index in [0.717, 1.165) is 44.9 Å². The van der Waals surface area contributed by atoms with Crippen LogP contribution in [0.5, 0.6) is 0 Å². The fourth-order valence-electron chi connectivity index (χ4n) is 13.8. The van der Waals surface area contributed by atoms with Crippen molar-refractivity contribution in [2.45, 2.75) is 501 Å². The molecule has 0 aliphatic carbocycles. The number of carbonyl (C=O) groups excluding carboxylic acids is 2. The summed E-state index contributed by atoms with van der Waals surface area (Å²) in [6.45, 7) is 4.97. The molecule has 0 aromatic heterocycles. The number of unbranched alkanes of at least 4 members (excludes halogenated alkanes) is 67. The van der Waals surface area contributed by atoms with Crippen LogP contribution < -0.4 is 5.32 Å². The van der Waals surface area contributed by atoms with Gasteiger partial charge in [-0.1, -0.05) is 448 Å². The molecule has 0 aromatic carbocycles. The molecular formula is C88H169NO5. The van der Waals surface area contributed by atoms with Gasteiger partial charge < -0.3 is 20.3 Å². The highest BCUT2D eigenvalue weighted by atomic mass is 16.5. The summed E-state index contributed by atoms with van der Waals surface area (Å²) in [6.07, 6.45) is 110. The Morgan fingerprint density at radius 2 is 0.532 bits per heavy atom. The molecule has 0 aromatic rings. The summed E-state index contributed by atoms with van der Waals surface area (Å²) in [5, 5.41) is 23.3. The Morgan fingerprint density at radius 1 is 0.298 bits per heavy atom.